The second-order valence-electron chi connectivity index (χ2n) is 6.30. The standard InChI is InChI=1S/C14H24N.ClH/c1-14(2,3)13(15(4,5)6)12-10-8-7-9-11-12;/h7-11,13H,1-6H3;1H/q+1;/p-1. The predicted octanol–water partition coefficient (Wildman–Crippen LogP) is 0.484. The molecule has 0 saturated carbocycles. The molecule has 1 atom stereocenters. The summed E-state index contributed by atoms with van der Waals surface area (Å²) < 4.78 is 0.966. The van der Waals surface area contributed by atoms with Gasteiger partial charge in [0.1, 0.15) is 6.04 Å². The van der Waals surface area contributed by atoms with E-state index in [-0.39, 0.29) is 17.8 Å². The highest BCUT2D eigenvalue weighted by atomic mass is 35.5. The molecule has 1 aromatic rings. The van der Waals surface area contributed by atoms with Gasteiger partial charge in [0.2, 0.25) is 0 Å². The summed E-state index contributed by atoms with van der Waals surface area (Å²) in [5.41, 5.74) is 1.71. The molecule has 0 amide bonds. The number of hydrogen-bond acceptors (Lipinski definition) is 0. The third-order valence-corrected chi connectivity index (χ3v) is 2.71. The van der Waals surface area contributed by atoms with Gasteiger partial charge in [0.25, 0.3) is 0 Å². The van der Waals surface area contributed by atoms with Gasteiger partial charge >= 0.3 is 0 Å². The van der Waals surface area contributed by atoms with Gasteiger partial charge in [0.15, 0.2) is 0 Å². The van der Waals surface area contributed by atoms with Crippen molar-refractivity contribution in [1.82, 2.24) is 0 Å². The molecular weight excluding hydrogens is 218 g/mol. The summed E-state index contributed by atoms with van der Waals surface area (Å²) >= 11 is 0. The van der Waals surface area contributed by atoms with Crippen molar-refractivity contribution in [2.45, 2.75) is 26.8 Å². The molecule has 0 saturated heterocycles. The van der Waals surface area contributed by atoms with Crippen LogP contribution in [0.3, 0.4) is 0 Å². The van der Waals surface area contributed by atoms with Crippen LogP contribution < -0.4 is 12.4 Å². The Morgan fingerprint density at radius 1 is 0.938 bits per heavy atom. The van der Waals surface area contributed by atoms with Crippen molar-refractivity contribution >= 4 is 0 Å². The van der Waals surface area contributed by atoms with E-state index in [4.69, 9.17) is 0 Å². The van der Waals surface area contributed by atoms with E-state index in [0.717, 1.165) is 4.48 Å². The van der Waals surface area contributed by atoms with Crippen LogP contribution in [0.4, 0.5) is 0 Å². The van der Waals surface area contributed by atoms with E-state index in [1.54, 1.807) is 0 Å². The maximum absolute atomic E-state index is 2.31. The minimum Gasteiger partial charge on any atom is -1.00 e. The van der Waals surface area contributed by atoms with Gasteiger partial charge in [0.05, 0.1) is 21.1 Å². The van der Waals surface area contributed by atoms with Gasteiger partial charge in [-0.2, -0.15) is 0 Å². The molecule has 1 aromatic carbocycles. The number of quaternary nitrogens is 1. The summed E-state index contributed by atoms with van der Waals surface area (Å²) in [7, 11) is 6.80. The van der Waals surface area contributed by atoms with Crippen LogP contribution in [0.25, 0.3) is 0 Å². The van der Waals surface area contributed by atoms with E-state index in [9.17, 15) is 0 Å². The lowest BCUT2D eigenvalue weighted by Crippen LogP contribution is -3.00. The van der Waals surface area contributed by atoms with Crippen molar-refractivity contribution in [3.8, 4) is 0 Å². The van der Waals surface area contributed by atoms with Crippen LogP contribution in [0.2, 0.25) is 0 Å². The molecule has 0 aromatic heterocycles. The third kappa shape index (κ3) is 3.80. The first-order valence-corrected chi connectivity index (χ1v) is 5.59. The first kappa shape index (κ1) is 15.5. The summed E-state index contributed by atoms with van der Waals surface area (Å²) in [5, 5.41) is 0. The third-order valence-electron chi connectivity index (χ3n) is 2.71. The molecular formula is C14H24ClN. The molecule has 0 N–H and O–H groups in total. The Bertz CT molecular complexity index is 292. The highest BCUT2D eigenvalue weighted by Crippen LogP contribution is 2.39. The Kier molecular flexibility index (Phi) is 5.03. The van der Waals surface area contributed by atoms with Crippen LogP contribution in [0.5, 0.6) is 0 Å². The molecule has 0 radical (unpaired) electrons. The molecule has 92 valence electrons. The van der Waals surface area contributed by atoms with Crippen LogP contribution in [0, 0.1) is 5.41 Å². The van der Waals surface area contributed by atoms with Crippen LogP contribution in [-0.2, 0) is 0 Å². The zero-order valence-corrected chi connectivity index (χ0v) is 12.0. The summed E-state index contributed by atoms with van der Waals surface area (Å²) in [6.07, 6.45) is 0. The Morgan fingerprint density at radius 3 is 1.69 bits per heavy atom. The zero-order chi connectivity index (χ0) is 11.7. The quantitative estimate of drug-likeness (QED) is 0.661. The molecule has 0 aliphatic rings. The van der Waals surface area contributed by atoms with Gasteiger partial charge in [-0.15, -0.1) is 0 Å². The van der Waals surface area contributed by atoms with Gasteiger partial charge < -0.3 is 16.9 Å². The number of nitrogens with zero attached hydrogens (tertiary/aromatic N) is 1. The van der Waals surface area contributed by atoms with E-state index < -0.39 is 0 Å². The zero-order valence-electron chi connectivity index (χ0n) is 11.3. The van der Waals surface area contributed by atoms with E-state index in [2.05, 4.69) is 72.2 Å². The Balaban J connectivity index is 0.00000225. The van der Waals surface area contributed by atoms with Crippen LogP contribution in [0.1, 0.15) is 32.4 Å². The largest absolute Gasteiger partial charge is 1.00 e. The van der Waals surface area contributed by atoms with Crippen LogP contribution >= 0.6 is 0 Å². The van der Waals surface area contributed by atoms with Crippen LogP contribution in [-0.4, -0.2) is 25.6 Å². The second kappa shape index (κ2) is 5.20. The molecule has 0 aliphatic carbocycles. The number of rotatable bonds is 2. The van der Waals surface area contributed by atoms with Crippen molar-refractivity contribution < 1.29 is 16.9 Å². The Morgan fingerprint density at radius 2 is 1.38 bits per heavy atom. The normalized spacial score (nSPS) is 14.1. The van der Waals surface area contributed by atoms with E-state index >= 15 is 0 Å². The van der Waals surface area contributed by atoms with Crippen molar-refractivity contribution in [1.29, 1.82) is 0 Å². The van der Waals surface area contributed by atoms with Crippen molar-refractivity contribution in [3.05, 3.63) is 35.9 Å². The smallest absolute Gasteiger partial charge is 0.119 e. The lowest BCUT2D eigenvalue weighted by molar-refractivity contribution is -0.910. The predicted molar refractivity (Wildman–Crippen MR) is 66.7 cm³/mol. The van der Waals surface area contributed by atoms with E-state index in [0.29, 0.717) is 6.04 Å². The lowest BCUT2D eigenvalue weighted by atomic mass is 9.80. The van der Waals surface area contributed by atoms with Crippen molar-refractivity contribution in [2.24, 2.45) is 5.41 Å². The Hall–Kier alpha value is -0.530. The molecule has 1 unspecified atom stereocenters. The monoisotopic (exact) mass is 241 g/mol. The topological polar surface area (TPSA) is 0 Å². The SMILES string of the molecule is CC(C)(C)C(c1ccccc1)[N+](C)(C)C.[Cl-]. The highest BCUT2D eigenvalue weighted by molar-refractivity contribution is 5.19. The van der Waals surface area contributed by atoms with Gasteiger partial charge in [-0.3, -0.25) is 0 Å². The molecule has 0 bridgehead atoms. The van der Waals surface area contributed by atoms with Crippen molar-refractivity contribution in [2.75, 3.05) is 21.1 Å². The van der Waals surface area contributed by atoms with Gasteiger partial charge in [0, 0.05) is 11.0 Å². The minimum atomic E-state index is 0. The fourth-order valence-corrected chi connectivity index (χ4v) is 2.74. The fraction of sp³-hybridized carbons (Fsp3) is 0.571. The molecule has 0 spiro atoms. The maximum Gasteiger partial charge on any atom is 0.119 e. The average molecular weight is 242 g/mol. The van der Waals surface area contributed by atoms with Crippen LogP contribution in [0.15, 0.2) is 30.3 Å². The summed E-state index contributed by atoms with van der Waals surface area (Å²) in [6, 6.07) is 11.3. The molecule has 1 nitrogen and oxygen atoms in total. The number of hydrogen-bond donors (Lipinski definition) is 0. The average Bonchev–Trinajstić information content (AvgIpc) is 2.00. The molecule has 2 heteroatoms. The van der Waals surface area contributed by atoms with E-state index in [1.807, 2.05) is 0 Å². The highest BCUT2D eigenvalue weighted by Gasteiger charge is 2.36. The minimum absolute atomic E-state index is 0. The van der Waals surface area contributed by atoms with Gasteiger partial charge in [-0.1, -0.05) is 51.1 Å². The fourth-order valence-electron chi connectivity index (χ4n) is 2.74. The maximum atomic E-state index is 2.31. The molecule has 0 aliphatic heterocycles. The molecule has 1 rings (SSSR count). The summed E-state index contributed by atoms with van der Waals surface area (Å²) in [4.78, 5) is 0. The first-order chi connectivity index (χ1) is 6.73. The van der Waals surface area contributed by atoms with Crippen molar-refractivity contribution in [3.63, 3.8) is 0 Å². The molecule has 0 fully saturated rings. The Labute approximate surface area is 106 Å². The second-order valence-corrected chi connectivity index (χ2v) is 6.30. The van der Waals surface area contributed by atoms with Gasteiger partial charge in [-0.05, 0) is 0 Å². The summed E-state index contributed by atoms with van der Waals surface area (Å²) in [5.74, 6) is 0. The number of halogens is 1. The lowest BCUT2D eigenvalue weighted by Gasteiger charge is -2.42. The summed E-state index contributed by atoms with van der Waals surface area (Å²) in [6.45, 7) is 6.94. The first-order valence-electron chi connectivity index (χ1n) is 5.59. The number of benzene rings is 1. The van der Waals surface area contributed by atoms with E-state index in [1.165, 1.54) is 5.56 Å². The molecule has 16 heavy (non-hydrogen) atoms. The van der Waals surface area contributed by atoms with Gasteiger partial charge in [-0.25, -0.2) is 0 Å². The molecule has 0 heterocycles.